The number of carboxylic acids is 1. The summed E-state index contributed by atoms with van der Waals surface area (Å²) in [5.74, 6) is -1.81. The van der Waals surface area contributed by atoms with Crippen molar-refractivity contribution in [3.63, 3.8) is 0 Å². The number of hydrogen-bond donors (Lipinski definition) is 1. The molecule has 0 aromatic rings. The van der Waals surface area contributed by atoms with Gasteiger partial charge < -0.3 is 19.6 Å². The highest BCUT2D eigenvalue weighted by atomic mass is 16.5. The lowest BCUT2D eigenvalue weighted by atomic mass is 10.2. The molecule has 2 amide bonds. The van der Waals surface area contributed by atoms with E-state index in [-0.39, 0.29) is 23.8 Å². The monoisotopic (exact) mass is 296 g/mol. The normalized spacial score (nSPS) is 32.1. The zero-order chi connectivity index (χ0) is 15.0. The Bertz CT molecular complexity index is 452. The number of ether oxygens (including phenoxy) is 1. The van der Waals surface area contributed by atoms with Crippen molar-refractivity contribution in [2.24, 2.45) is 11.8 Å². The summed E-state index contributed by atoms with van der Waals surface area (Å²) in [6, 6.07) is 0. The van der Waals surface area contributed by atoms with E-state index in [2.05, 4.69) is 0 Å². The first-order valence-corrected chi connectivity index (χ1v) is 7.50. The molecule has 7 nitrogen and oxygen atoms in total. The first-order chi connectivity index (χ1) is 10.1. The van der Waals surface area contributed by atoms with Crippen molar-refractivity contribution >= 4 is 17.8 Å². The summed E-state index contributed by atoms with van der Waals surface area (Å²) >= 11 is 0. The highest BCUT2D eigenvalue weighted by molar-refractivity contribution is 5.89. The quantitative estimate of drug-likeness (QED) is 0.762. The van der Waals surface area contributed by atoms with Crippen LogP contribution in [0.2, 0.25) is 0 Å². The average Bonchev–Trinajstić information content (AvgIpc) is 3.12. The average molecular weight is 296 g/mol. The van der Waals surface area contributed by atoms with E-state index in [1.54, 1.807) is 9.80 Å². The molecule has 7 heteroatoms. The van der Waals surface area contributed by atoms with Gasteiger partial charge in [0.25, 0.3) is 5.91 Å². The van der Waals surface area contributed by atoms with Gasteiger partial charge >= 0.3 is 5.97 Å². The predicted molar refractivity (Wildman–Crippen MR) is 71.4 cm³/mol. The van der Waals surface area contributed by atoms with Crippen LogP contribution in [0.5, 0.6) is 0 Å². The van der Waals surface area contributed by atoms with Gasteiger partial charge in [-0.25, -0.2) is 0 Å². The topological polar surface area (TPSA) is 87.2 Å². The van der Waals surface area contributed by atoms with Crippen LogP contribution in [-0.2, 0) is 19.1 Å². The van der Waals surface area contributed by atoms with Crippen LogP contribution in [0.25, 0.3) is 0 Å². The molecule has 2 saturated heterocycles. The van der Waals surface area contributed by atoms with E-state index in [0.717, 1.165) is 12.8 Å². The number of carbonyl (C=O) groups is 3. The number of hydrogen-bond acceptors (Lipinski definition) is 4. The molecule has 21 heavy (non-hydrogen) atoms. The fourth-order valence-corrected chi connectivity index (χ4v) is 3.10. The molecular weight excluding hydrogens is 276 g/mol. The lowest BCUT2D eigenvalue weighted by Gasteiger charge is -2.35. The molecule has 0 aromatic heterocycles. The molecule has 3 atom stereocenters. The molecule has 2 aliphatic heterocycles. The van der Waals surface area contributed by atoms with Crippen LogP contribution in [-0.4, -0.2) is 71.6 Å². The van der Waals surface area contributed by atoms with E-state index < -0.39 is 11.9 Å². The van der Waals surface area contributed by atoms with Gasteiger partial charge in [0.15, 0.2) is 0 Å². The second kappa shape index (κ2) is 5.63. The summed E-state index contributed by atoms with van der Waals surface area (Å²) in [5.41, 5.74) is 0. The minimum Gasteiger partial charge on any atom is -0.481 e. The minimum atomic E-state index is -0.888. The van der Waals surface area contributed by atoms with Crippen molar-refractivity contribution < 1.29 is 24.2 Å². The first kappa shape index (κ1) is 14.3. The van der Waals surface area contributed by atoms with E-state index in [1.807, 2.05) is 0 Å². The van der Waals surface area contributed by atoms with E-state index in [0.29, 0.717) is 39.2 Å². The maximum absolute atomic E-state index is 12.2. The molecule has 0 radical (unpaired) electrons. The Morgan fingerprint density at radius 2 is 1.57 bits per heavy atom. The van der Waals surface area contributed by atoms with Crippen molar-refractivity contribution in [2.45, 2.75) is 25.4 Å². The van der Waals surface area contributed by atoms with Gasteiger partial charge in [0, 0.05) is 32.8 Å². The van der Waals surface area contributed by atoms with Gasteiger partial charge in [0.1, 0.15) is 6.10 Å². The van der Waals surface area contributed by atoms with Gasteiger partial charge in [-0.1, -0.05) is 0 Å². The summed E-state index contributed by atoms with van der Waals surface area (Å²) in [4.78, 5) is 38.6. The van der Waals surface area contributed by atoms with Crippen LogP contribution >= 0.6 is 0 Å². The minimum absolute atomic E-state index is 0.0226. The molecule has 3 aliphatic rings. The standard InChI is InChI=1S/C14H20N2O5/c17-12(9-8-10(9)14(19)20)15-3-5-16(6-4-15)13(18)11-2-1-7-21-11/h9-11H,1-8H2,(H,19,20). The Kier molecular flexibility index (Phi) is 3.84. The molecule has 1 saturated carbocycles. The van der Waals surface area contributed by atoms with Crippen molar-refractivity contribution in [2.75, 3.05) is 32.8 Å². The molecule has 1 N–H and O–H groups in total. The molecule has 2 heterocycles. The highest BCUT2D eigenvalue weighted by Gasteiger charge is 2.50. The second-order valence-corrected chi connectivity index (χ2v) is 5.94. The molecule has 116 valence electrons. The summed E-state index contributed by atoms with van der Waals surface area (Å²) < 4.78 is 5.39. The fraction of sp³-hybridized carbons (Fsp3) is 0.786. The zero-order valence-electron chi connectivity index (χ0n) is 11.9. The highest BCUT2D eigenvalue weighted by Crippen LogP contribution is 2.40. The van der Waals surface area contributed by atoms with Crippen LogP contribution in [0.15, 0.2) is 0 Å². The number of aliphatic carboxylic acids is 1. The van der Waals surface area contributed by atoms with Crippen molar-refractivity contribution in [1.82, 2.24) is 9.80 Å². The second-order valence-electron chi connectivity index (χ2n) is 5.94. The van der Waals surface area contributed by atoms with Crippen LogP contribution in [0.1, 0.15) is 19.3 Å². The van der Waals surface area contributed by atoms with Crippen LogP contribution in [0, 0.1) is 11.8 Å². The Morgan fingerprint density at radius 3 is 2.05 bits per heavy atom. The van der Waals surface area contributed by atoms with Gasteiger partial charge in [-0.2, -0.15) is 0 Å². The molecule has 0 bridgehead atoms. The summed E-state index contributed by atoms with van der Waals surface area (Å²) in [5, 5.41) is 8.87. The van der Waals surface area contributed by atoms with Crippen LogP contribution in [0.4, 0.5) is 0 Å². The number of carboxylic acid groups (broad SMARTS) is 1. The van der Waals surface area contributed by atoms with E-state index >= 15 is 0 Å². The molecule has 0 aromatic carbocycles. The zero-order valence-corrected chi connectivity index (χ0v) is 11.9. The first-order valence-electron chi connectivity index (χ1n) is 7.50. The van der Waals surface area contributed by atoms with Crippen molar-refractivity contribution in [3.05, 3.63) is 0 Å². The third-order valence-electron chi connectivity index (χ3n) is 4.53. The summed E-state index contributed by atoms with van der Waals surface area (Å²) in [6.07, 6.45) is 1.84. The molecule has 1 aliphatic carbocycles. The van der Waals surface area contributed by atoms with Crippen LogP contribution in [0.3, 0.4) is 0 Å². The van der Waals surface area contributed by atoms with Crippen LogP contribution < -0.4 is 0 Å². The number of amides is 2. The predicted octanol–water partition coefficient (Wildman–Crippen LogP) is -0.443. The third kappa shape index (κ3) is 2.88. The van der Waals surface area contributed by atoms with Gasteiger partial charge in [0.2, 0.25) is 5.91 Å². The smallest absolute Gasteiger partial charge is 0.307 e. The van der Waals surface area contributed by atoms with Gasteiger partial charge in [-0.05, 0) is 19.3 Å². The molecule has 0 spiro atoms. The Morgan fingerprint density at radius 1 is 0.952 bits per heavy atom. The summed E-state index contributed by atoms with van der Waals surface area (Å²) in [6.45, 7) is 2.64. The van der Waals surface area contributed by atoms with E-state index in [4.69, 9.17) is 9.84 Å². The molecule has 3 unspecified atom stereocenters. The fourth-order valence-electron chi connectivity index (χ4n) is 3.10. The number of piperazine rings is 1. The SMILES string of the molecule is O=C(O)C1CC1C(=O)N1CCN(C(=O)C2CCCO2)CC1. The van der Waals surface area contributed by atoms with Crippen molar-refractivity contribution in [1.29, 1.82) is 0 Å². The van der Waals surface area contributed by atoms with Gasteiger partial charge in [-0.3, -0.25) is 14.4 Å². The maximum atomic E-state index is 12.2. The Hall–Kier alpha value is -1.63. The van der Waals surface area contributed by atoms with Crippen molar-refractivity contribution in [3.8, 4) is 0 Å². The largest absolute Gasteiger partial charge is 0.481 e. The van der Waals surface area contributed by atoms with Gasteiger partial charge in [-0.15, -0.1) is 0 Å². The Labute approximate surface area is 122 Å². The lowest BCUT2D eigenvalue weighted by molar-refractivity contribution is -0.147. The summed E-state index contributed by atoms with van der Waals surface area (Å²) in [7, 11) is 0. The number of nitrogens with zero attached hydrogens (tertiary/aromatic N) is 2. The van der Waals surface area contributed by atoms with E-state index in [1.165, 1.54) is 0 Å². The third-order valence-corrected chi connectivity index (χ3v) is 4.53. The number of carbonyl (C=O) groups excluding carboxylic acids is 2. The molecule has 3 fully saturated rings. The lowest BCUT2D eigenvalue weighted by Crippen LogP contribution is -2.53. The van der Waals surface area contributed by atoms with E-state index in [9.17, 15) is 14.4 Å². The molecular formula is C14H20N2O5. The molecule has 3 rings (SSSR count). The van der Waals surface area contributed by atoms with Gasteiger partial charge in [0.05, 0.1) is 11.8 Å². The Balaban J connectivity index is 1.48. The number of rotatable bonds is 3. The maximum Gasteiger partial charge on any atom is 0.307 e.